The second-order valence-corrected chi connectivity index (χ2v) is 8.37. The Morgan fingerprint density at radius 1 is 0.784 bits per heavy atom. The highest BCUT2D eigenvalue weighted by Gasteiger charge is 2.47. The number of hydrogen-bond donors (Lipinski definition) is 2. The van der Waals surface area contributed by atoms with E-state index in [9.17, 15) is 19.8 Å². The summed E-state index contributed by atoms with van der Waals surface area (Å²) in [6, 6.07) is 27.9. The molecule has 1 atom stereocenters. The highest BCUT2D eigenvalue weighted by molar-refractivity contribution is 6.51. The Labute approximate surface area is 213 Å². The molecule has 0 spiro atoms. The van der Waals surface area contributed by atoms with Crippen LogP contribution in [0.5, 0.6) is 23.0 Å². The molecular formula is C30H23NO6. The van der Waals surface area contributed by atoms with Crippen molar-refractivity contribution in [1.82, 2.24) is 0 Å². The van der Waals surface area contributed by atoms with E-state index >= 15 is 0 Å². The van der Waals surface area contributed by atoms with Gasteiger partial charge in [0.05, 0.1) is 24.4 Å². The maximum atomic E-state index is 13.4. The summed E-state index contributed by atoms with van der Waals surface area (Å²) >= 11 is 0. The summed E-state index contributed by atoms with van der Waals surface area (Å²) in [4.78, 5) is 27.9. The first kappa shape index (κ1) is 23.7. The van der Waals surface area contributed by atoms with Crippen molar-refractivity contribution in [2.45, 2.75) is 6.04 Å². The number of phenolic OH excluding ortho intramolecular Hbond substituents is 1. The minimum absolute atomic E-state index is 0.102. The summed E-state index contributed by atoms with van der Waals surface area (Å²) in [5, 5.41) is 21.9. The lowest BCUT2D eigenvalue weighted by molar-refractivity contribution is -0.132. The van der Waals surface area contributed by atoms with Gasteiger partial charge in [-0.15, -0.1) is 0 Å². The minimum Gasteiger partial charge on any atom is -0.507 e. The summed E-state index contributed by atoms with van der Waals surface area (Å²) in [5.74, 6) is -0.558. The van der Waals surface area contributed by atoms with Gasteiger partial charge in [-0.2, -0.15) is 0 Å². The average Bonchev–Trinajstić information content (AvgIpc) is 3.19. The second-order valence-electron chi connectivity index (χ2n) is 8.37. The number of aromatic hydroxyl groups is 1. The molecule has 1 heterocycles. The number of aliphatic hydroxyl groups excluding tert-OH is 1. The number of ketones is 1. The molecule has 1 aliphatic rings. The third-order valence-corrected chi connectivity index (χ3v) is 6.10. The smallest absolute Gasteiger partial charge is 0.300 e. The number of para-hydroxylation sites is 3. The van der Waals surface area contributed by atoms with Crippen LogP contribution in [-0.4, -0.2) is 29.0 Å². The number of carbonyl (C=O) groups excluding carboxylic acids is 2. The van der Waals surface area contributed by atoms with Crippen LogP contribution in [0.3, 0.4) is 0 Å². The van der Waals surface area contributed by atoms with Gasteiger partial charge < -0.3 is 19.7 Å². The van der Waals surface area contributed by atoms with Crippen LogP contribution in [0.1, 0.15) is 17.2 Å². The lowest BCUT2D eigenvalue weighted by Crippen LogP contribution is -2.29. The first-order valence-corrected chi connectivity index (χ1v) is 11.5. The predicted octanol–water partition coefficient (Wildman–Crippen LogP) is 5.82. The van der Waals surface area contributed by atoms with Gasteiger partial charge in [0.15, 0.2) is 0 Å². The summed E-state index contributed by atoms with van der Waals surface area (Å²) in [5.41, 5.74) is 0.914. The molecular weight excluding hydrogens is 470 g/mol. The van der Waals surface area contributed by atoms with E-state index in [4.69, 9.17) is 9.47 Å². The standard InChI is InChI=1S/C30H23NO6/c1-36-21-16-14-19(15-17-21)28(33)26-27(31(30(35)29(26)34)24-12-5-6-13-25(24)32)20-8-7-11-23(18-20)37-22-9-3-2-4-10-22/h2-18,27,32-33H,1H3/b28-26-. The highest BCUT2D eigenvalue weighted by atomic mass is 16.5. The van der Waals surface area contributed by atoms with Crippen LogP contribution < -0.4 is 14.4 Å². The molecule has 0 aromatic heterocycles. The van der Waals surface area contributed by atoms with Crippen molar-refractivity contribution in [2.24, 2.45) is 0 Å². The van der Waals surface area contributed by atoms with Crippen LogP contribution in [0, 0.1) is 0 Å². The summed E-state index contributed by atoms with van der Waals surface area (Å²) < 4.78 is 11.2. The van der Waals surface area contributed by atoms with Crippen LogP contribution >= 0.6 is 0 Å². The molecule has 4 aromatic carbocycles. The maximum Gasteiger partial charge on any atom is 0.300 e. The molecule has 4 aromatic rings. The van der Waals surface area contributed by atoms with Gasteiger partial charge in [-0.3, -0.25) is 14.5 Å². The Kier molecular flexibility index (Phi) is 6.34. The van der Waals surface area contributed by atoms with Crippen LogP contribution in [-0.2, 0) is 9.59 Å². The summed E-state index contributed by atoms with van der Waals surface area (Å²) in [6.07, 6.45) is 0. The first-order valence-electron chi connectivity index (χ1n) is 11.5. The van der Waals surface area contributed by atoms with E-state index in [2.05, 4.69) is 0 Å². The van der Waals surface area contributed by atoms with Crippen molar-refractivity contribution < 1.29 is 29.3 Å². The zero-order valence-corrected chi connectivity index (χ0v) is 19.9. The Balaban J connectivity index is 1.67. The zero-order chi connectivity index (χ0) is 25.9. The van der Waals surface area contributed by atoms with E-state index in [-0.39, 0.29) is 22.8 Å². The number of rotatable bonds is 6. The molecule has 184 valence electrons. The van der Waals surface area contributed by atoms with Gasteiger partial charge in [0.2, 0.25) is 0 Å². The molecule has 7 nitrogen and oxygen atoms in total. The van der Waals surface area contributed by atoms with E-state index in [1.807, 2.05) is 30.3 Å². The third-order valence-electron chi connectivity index (χ3n) is 6.10. The fraction of sp³-hybridized carbons (Fsp3) is 0.0667. The Morgan fingerprint density at radius 2 is 1.46 bits per heavy atom. The van der Waals surface area contributed by atoms with Gasteiger partial charge in [-0.05, 0) is 66.2 Å². The van der Waals surface area contributed by atoms with Gasteiger partial charge in [0, 0.05) is 5.56 Å². The monoisotopic (exact) mass is 493 g/mol. The van der Waals surface area contributed by atoms with Crippen molar-refractivity contribution in [2.75, 3.05) is 12.0 Å². The number of amides is 1. The normalized spacial score (nSPS) is 16.6. The molecule has 7 heteroatoms. The van der Waals surface area contributed by atoms with Crippen LogP contribution in [0.4, 0.5) is 5.69 Å². The van der Waals surface area contributed by atoms with Crippen molar-refractivity contribution in [3.8, 4) is 23.0 Å². The number of methoxy groups -OCH3 is 1. The van der Waals surface area contributed by atoms with Crippen molar-refractivity contribution in [1.29, 1.82) is 0 Å². The minimum atomic E-state index is -1.02. The number of Topliss-reactive ketones (excluding diaryl/α,β-unsaturated/α-hetero) is 1. The van der Waals surface area contributed by atoms with E-state index in [1.54, 1.807) is 66.7 Å². The SMILES string of the molecule is COc1ccc(/C(O)=C2/C(=O)C(=O)N(c3ccccc3O)C2c2cccc(Oc3ccccc3)c2)cc1. The van der Waals surface area contributed by atoms with E-state index in [0.29, 0.717) is 28.4 Å². The zero-order valence-electron chi connectivity index (χ0n) is 19.9. The molecule has 2 N–H and O–H groups in total. The lowest BCUT2D eigenvalue weighted by atomic mass is 9.95. The van der Waals surface area contributed by atoms with Gasteiger partial charge in [-0.1, -0.05) is 42.5 Å². The molecule has 1 fully saturated rings. The molecule has 0 saturated carbocycles. The average molecular weight is 494 g/mol. The van der Waals surface area contributed by atoms with Crippen molar-refractivity contribution >= 4 is 23.1 Å². The highest BCUT2D eigenvalue weighted by Crippen LogP contribution is 2.45. The molecule has 1 saturated heterocycles. The third kappa shape index (κ3) is 4.50. The van der Waals surface area contributed by atoms with E-state index < -0.39 is 17.7 Å². The Hall–Kier alpha value is -5.04. The first-order chi connectivity index (χ1) is 18.0. The topological polar surface area (TPSA) is 96.3 Å². The lowest BCUT2D eigenvalue weighted by Gasteiger charge is -2.26. The molecule has 5 rings (SSSR count). The van der Waals surface area contributed by atoms with Gasteiger partial charge >= 0.3 is 0 Å². The molecule has 37 heavy (non-hydrogen) atoms. The molecule has 1 unspecified atom stereocenters. The maximum absolute atomic E-state index is 13.4. The number of phenols is 1. The molecule has 0 bridgehead atoms. The van der Waals surface area contributed by atoms with Crippen LogP contribution in [0.25, 0.3) is 5.76 Å². The predicted molar refractivity (Wildman–Crippen MR) is 139 cm³/mol. The van der Waals surface area contributed by atoms with Crippen LogP contribution in [0.15, 0.2) is 109 Å². The second kappa shape index (κ2) is 9.91. The number of aliphatic hydroxyl groups is 1. The van der Waals surface area contributed by atoms with Gasteiger partial charge in [0.1, 0.15) is 28.8 Å². The fourth-order valence-electron chi connectivity index (χ4n) is 4.34. The van der Waals surface area contributed by atoms with E-state index in [1.165, 1.54) is 18.1 Å². The molecule has 1 amide bonds. The number of benzene rings is 4. The molecule has 1 aliphatic heterocycles. The quantitative estimate of drug-likeness (QED) is 0.200. The number of ether oxygens (including phenoxy) is 2. The van der Waals surface area contributed by atoms with Gasteiger partial charge in [-0.25, -0.2) is 0 Å². The molecule has 0 radical (unpaired) electrons. The molecule has 0 aliphatic carbocycles. The fourth-order valence-corrected chi connectivity index (χ4v) is 4.34. The van der Waals surface area contributed by atoms with E-state index in [0.717, 1.165) is 0 Å². The van der Waals surface area contributed by atoms with Crippen LogP contribution in [0.2, 0.25) is 0 Å². The Morgan fingerprint density at radius 3 is 2.16 bits per heavy atom. The van der Waals surface area contributed by atoms with Crippen molar-refractivity contribution in [3.05, 3.63) is 120 Å². The number of nitrogens with zero attached hydrogens (tertiary/aromatic N) is 1. The number of anilines is 1. The number of carbonyl (C=O) groups is 2. The summed E-state index contributed by atoms with van der Waals surface area (Å²) in [7, 11) is 1.53. The summed E-state index contributed by atoms with van der Waals surface area (Å²) in [6.45, 7) is 0. The van der Waals surface area contributed by atoms with Crippen molar-refractivity contribution in [3.63, 3.8) is 0 Å². The Bertz CT molecular complexity index is 1490. The number of hydrogen-bond acceptors (Lipinski definition) is 6. The van der Waals surface area contributed by atoms with Gasteiger partial charge in [0.25, 0.3) is 11.7 Å². The largest absolute Gasteiger partial charge is 0.507 e.